The summed E-state index contributed by atoms with van der Waals surface area (Å²) in [6, 6.07) is 0.291. The highest BCUT2D eigenvalue weighted by molar-refractivity contribution is 5.35. The van der Waals surface area contributed by atoms with Gasteiger partial charge in [-0.2, -0.15) is 15.0 Å². The van der Waals surface area contributed by atoms with Gasteiger partial charge in [-0.25, -0.2) is 0 Å². The fourth-order valence-electron chi connectivity index (χ4n) is 1.81. The van der Waals surface area contributed by atoms with E-state index in [0.29, 0.717) is 24.5 Å². The zero-order chi connectivity index (χ0) is 15.7. The third-order valence-electron chi connectivity index (χ3n) is 3.07. The quantitative estimate of drug-likeness (QED) is 0.607. The molecular weight excluding hydrogens is 270 g/mol. The number of aliphatic hydroxyl groups excluding tert-OH is 1. The molecule has 7 heteroatoms. The molecule has 0 amide bonds. The summed E-state index contributed by atoms with van der Waals surface area (Å²) in [6.07, 6.45) is 2.71. The summed E-state index contributed by atoms with van der Waals surface area (Å²) in [4.78, 5) is 12.7. The van der Waals surface area contributed by atoms with Gasteiger partial charge in [-0.05, 0) is 24.7 Å². The smallest absolute Gasteiger partial charge is 0.322 e. The minimum atomic E-state index is 0.0552. The van der Waals surface area contributed by atoms with Gasteiger partial charge in [-0.15, -0.1) is 0 Å². The van der Waals surface area contributed by atoms with Crippen LogP contribution in [0.5, 0.6) is 6.01 Å². The molecule has 0 atom stereocenters. The van der Waals surface area contributed by atoms with Crippen LogP contribution in [0.2, 0.25) is 0 Å². The summed E-state index contributed by atoms with van der Waals surface area (Å²) < 4.78 is 5.10. The SMILES string of the molecule is CCCNc1nc(NCC(C)(C)CCCO)nc(OC)n1. The zero-order valence-electron chi connectivity index (χ0n) is 13.4. The molecule has 0 spiro atoms. The highest BCUT2D eigenvalue weighted by Gasteiger charge is 2.18. The van der Waals surface area contributed by atoms with Crippen LogP contribution in [0.15, 0.2) is 0 Å². The molecule has 0 bridgehead atoms. The molecule has 3 N–H and O–H groups in total. The lowest BCUT2D eigenvalue weighted by molar-refractivity contribution is 0.247. The number of nitrogens with zero attached hydrogens (tertiary/aromatic N) is 3. The van der Waals surface area contributed by atoms with E-state index in [-0.39, 0.29) is 12.0 Å². The Morgan fingerprint density at radius 1 is 1.14 bits per heavy atom. The minimum absolute atomic E-state index is 0.0552. The third-order valence-corrected chi connectivity index (χ3v) is 3.07. The fourth-order valence-corrected chi connectivity index (χ4v) is 1.81. The van der Waals surface area contributed by atoms with Crippen LogP contribution in [0.1, 0.15) is 40.0 Å². The highest BCUT2D eigenvalue weighted by atomic mass is 16.5. The molecule has 7 nitrogen and oxygen atoms in total. The average molecular weight is 297 g/mol. The minimum Gasteiger partial charge on any atom is -0.467 e. The Morgan fingerprint density at radius 2 is 1.81 bits per heavy atom. The summed E-state index contributed by atoms with van der Waals surface area (Å²) >= 11 is 0. The molecule has 120 valence electrons. The molecule has 0 saturated heterocycles. The first kappa shape index (κ1) is 17.4. The monoisotopic (exact) mass is 297 g/mol. The predicted molar refractivity (Wildman–Crippen MR) is 83.8 cm³/mol. The number of hydrogen-bond donors (Lipinski definition) is 3. The first-order valence-electron chi connectivity index (χ1n) is 7.39. The summed E-state index contributed by atoms with van der Waals surface area (Å²) in [5.74, 6) is 1.01. The van der Waals surface area contributed by atoms with Crippen LogP contribution in [0, 0.1) is 5.41 Å². The second kappa shape index (κ2) is 8.61. The first-order valence-corrected chi connectivity index (χ1v) is 7.39. The topological polar surface area (TPSA) is 92.2 Å². The van der Waals surface area contributed by atoms with Gasteiger partial charge in [-0.3, -0.25) is 0 Å². The lowest BCUT2D eigenvalue weighted by atomic mass is 9.88. The first-order chi connectivity index (χ1) is 10.0. The van der Waals surface area contributed by atoms with Crippen molar-refractivity contribution in [3.8, 4) is 6.01 Å². The molecule has 0 aromatic carbocycles. The molecule has 1 heterocycles. The second-order valence-electron chi connectivity index (χ2n) is 5.74. The summed E-state index contributed by atoms with van der Waals surface area (Å²) in [7, 11) is 1.54. The standard InChI is InChI=1S/C14H27N5O2/c1-5-8-15-11-17-12(19-13(18-11)21-4)16-10-14(2,3)7-6-9-20/h20H,5-10H2,1-4H3,(H2,15,16,17,18,19). The Morgan fingerprint density at radius 3 is 2.38 bits per heavy atom. The van der Waals surface area contributed by atoms with E-state index in [1.54, 1.807) is 0 Å². The van der Waals surface area contributed by atoms with Crippen molar-refractivity contribution < 1.29 is 9.84 Å². The number of anilines is 2. The Kier molecular flexibility index (Phi) is 7.14. The predicted octanol–water partition coefficient (Wildman–Crippen LogP) is 1.91. The van der Waals surface area contributed by atoms with Gasteiger partial charge in [0.1, 0.15) is 0 Å². The Balaban J connectivity index is 2.68. The van der Waals surface area contributed by atoms with Crippen molar-refractivity contribution in [2.45, 2.75) is 40.0 Å². The van der Waals surface area contributed by atoms with Crippen LogP contribution in [-0.4, -0.2) is 46.9 Å². The second-order valence-corrected chi connectivity index (χ2v) is 5.74. The number of ether oxygens (including phenoxy) is 1. The summed E-state index contributed by atoms with van der Waals surface area (Å²) in [5.41, 5.74) is 0.0552. The van der Waals surface area contributed by atoms with Crippen LogP contribution in [0.4, 0.5) is 11.9 Å². The Labute approximate surface area is 126 Å². The van der Waals surface area contributed by atoms with E-state index in [4.69, 9.17) is 9.84 Å². The molecule has 0 fully saturated rings. The summed E-state index contributed by atoms with van der Waals surface area (Å²) in [5, 5.41) is 15.3. The van der Waals surface area contributed by atoms with Gasteiger partial charge in [0.2, 0.25) is 11.9 Å². The van der Waals surface area contributed by atoms with Crippen LogP contribution in [0.3, 0.4) is 0 Å². The molecule has 0 radical (unpaired) electrons. The van der Waals surface area contributed by atoms with E-state index in [1.807, 2.05) is 0 Å². The van der Waals surface area contributed by atoms with Gasteiger partial charge in [0.25, 0.3) is 0 Å². The van der Waals surface area contributed by atoms with Gasteiger partial charge in [-0.1, -0.05) is 20.8 Å². The van der Waals surface area contributed by atoms with E-state index in [0.717, 1.165) is 25.8 Å². The fraction of sp³-hybridized carbons (Fsp3) is 0.786. The molecule has 0 aliphatic heterocycles. The largest absolute Gasteiger partial charge is 0.467 e. The zero-order valence-corrected chi connectivity index (χ0v) is 13.4. The lowest BCUT2D eigenvalue weighted by Gasteiger charge is -2.24. The third kappa shape index (κ3) is 6.57. The number of aliphatic hydroxyl groups is 1. The van der Waals surface area contributed by atoms with Gasteiger partial charge in [0.15, 0.2) is 0 Å². The number of nitrogens with one attached hydrogen (secondary N) is 2. The van der Waals surface area contributed by atoms with E-state index in [1.165, 1.54) is 7.11 Å². The number of hydrogen-bond acceptors (Lipinski definition) is 7. The van der Waals surface area contributed by atoms with Crippen molar-refractivity contribution in [3.63, 3.8) is 0 Å². The van der Waals surface area contributed by atoms with Crippen LogP contribution in [-0.2, 0) is 0 Å². The van der Waals surface area contributed by atoms with Crippen LogP contribution >= 0.6 is 0 Å². The molecule has 1 rings (SSSR count). The maximum absolute atomic E-state index is 8.92. The van der Waals surface area contributed by atoms with Crippen molar-refractivity contribution in [2.75, 3.05) is 37.4 Å². The van der Waals surface area contributed by atoms with E-state index in [2.05, 4.69) is 46.4 Å². The van der Waals surface area contributed by atoms with E-state index >= 15 is 0 Å². The Bertz CT molecular complexity index is 426. The molecular formula is C14H27N5O2. The molecule has 0 aliphatic rings. The van der Waals surface area contributed by atoms with Crippen molar-refractivity contribution in [2.24, 2.45) is 5.41 Å². The number of methoxy groups -OCH3 is 1. The Hall–Kier alpha value is -1.63. The summed E-state index contributed by atoms with van der Waals surface area (Å²) in [6.45, 7) is 8.10. The molecule has 1 aromatic rings. The van der Waals surface area contributed by atoms with Gasteiger partial charge in [0.05, 0.1) is 7.11 Å². The molecule has 0 aliphatic carbocycles. The average Bonchev–Trinajstić information content (AvgIpc) is 2.49. The van der Waals surface area contributed by atoms with Crippen molar-refractivity contribution in [1.29, 1.82) is 0 Å². The highest BCUT2D eigenvalue weighted by Crippen LogP contribution is 2.22. The van der Waals surface area contributed by atoms with Crippen molar-refractivity contribution >= 4 is 11.9 Å². The van der Waals surface area contributed by atoms with Crippen LogP contribution in [0.25, 0.3) is 0 Å². The molecule has 21 heavy (non-hydrogen) atoms. The van der Waals surface area contributed by atoms with Crippen LogP contribution < -0.4 is 15.4 Å². The maximum atomic E-state index is 8.92. The lowest BCUT2D eigenvalue weighted by Crippen LogP contribution is -2.24. The normalized spacial score (nSPS) is 11.3. The molecule has 0 unspecified atom stereocenters. The number of aromatic nitrogens is 3. The molecule has 1 aromatic heterocycles. The van der Waals surface area contributed by atoms with Gasteiger partial charge in [0, 0.05) is 19.7 Å². The number of rotatable bonds is 10. The molecule has 0 saturated carbocycles. The maximum Gasteiger partial charge on any atom is 0.322 e. The van der Waals surface area contributed by atoms with Crippen molar-refractivity contribution in [1.82, 2.24) is 15.0 Å². The van der Waals surface area contributed by atoms with Gasteiger partial charge < -0.3 is 20.5 Å². The van der Waals surface area contributed by atoms with Crippen molar-refractivity contribution in [3.05, 3.63) is 0 Å². The van der Waals surface area contributed by atoms with Gasteiger partial charge >= 0.3 is 6.01 Å². The van der Waals surface area contributed by atoms with E-state index in [9.17, 15) is 0 Å². The van der Waals surface area contributed by atoms with E-state index < -0.39 is 0 Å².